The number of amides is 1. The quantitative estimate of drug-likeness (QED) is 0.687. The van der Waals surface area contributed by atoms with E-state index in [1.165, 1.54) is 26.5 Å². The number of carbonyl (C=O) groups excluding carboxylic acids is 1. The van der Waals surface area contributed by atoms with Gasteiger partial charge in [0.25, 0.3) is 5.91 Å². The Labute approximate surface area is 146 Å². The Bertz CT molecular complexity index is 802. The zero-order chi connectivity index (χ0) is 18.3. The van der Waals surface area contributed by atoms with Gasteiger partial charge in [-0.05, 0) is 30.3 Å². The molecule has 2 aromatic rings. The van der Waals surface area contributed by atoms with Crippen molar-refractivity contribution in [3.8, 4) is 11.5 Å². The minimum Gasteiger partial charge on any atom is -0.493 e. The van der Waals surface area contributed by atoms with Gasteiger partial charge in [-0.15, -0.1) is 0 Å². The summed E-state index contributed by atoms with van der Waals surface area (Å²) in [6.45, 7) is 0.0413. The van der Waals surface area contributed by atoms with Gasteiger partial charge in [-0.25, -0.2) is 13.1 Å². The number of carbonyl (C=O) groups is 1. The molecule has 8 nitrogen and oxygen atoms in total. The monoisotopic (exact) mass is 368 g/mol. The van der Waals surface area contributed by atoms with E-state index in [4.69, 9.17) is 13.9 Å². The molecule has 0 aliphatic heterocycles. The predicted octanol–water partition coefficient (Wildman–Crippen LogP) is 1.15. The van der Waals surface area contributed by atoms with Crippen molar-refractivity contribution in [2.45, 2.75) is 6.54 Å². The van der Waals surface area contributed by atoms with Crippen LogP contribution < -0.4 is 19.5 Å². The van der Waals surface area contributed by atoms with Gasteiger partial charge in [0.1, 0.15) is 5.76 Å². The van der Waals surface area contributed by atoms with Crippen molar-refractivity contribution in [3.63, 3.8) is 0 Å². The van der Waals surface area contributed by atoms with Gasteiger partial charge in [0, 0.05) is 12.1 Å². The molecule has 1 amide bonds. The molecule has 0 aliphatic carbocycles. The smallest absolute Gasteiger partial charge is 0.251 e. The zero-order valence-corrected chi connectivity index (χ0v) is 14.8. The number of rotatable bonds is 9. The molecule has 0 saturated heterocycles. The lowest BCUT2D eigenvalue weighted by Crippen LogP contribution is -2.34. The van der Waals surface area contributed by atoms with Crippen LogP contribution in [0.2, 0.25) is 0 Å². The molecule has 0 fully saturated rings. The van der Waals surface area contributed by atoms with Crippen LogP contribution in [-0.4, -0.2) is 40.8 Å². The molecule has 0 bridgehead atoms. The fraction of sp³-hybridized carbons (Fsp3) is 0.312. The average Bonchev–Trinajstić information content (AvgIpc) is 3.12. The number of ether oxygens (including phenoxy) is 2. The summed E-state index contributed by atoms with van der Waals surface area (Å²) in [4.78, 5) is 12.1. The second kappa shape index (κ2) is 8.54. The summed E-state index contributed by atoms with van der Waals surface area (Å²) in [5.74, 6) is 0.791. The molecule has 136 valence electrons. The molecule has 2 N–H and O–H groups in total. The highest BCUT2D eigenvalue weighted by Gasteiger charge is 2.14. The Morgan fingerprint density at radius 3 is 2.56 bits per heavy atom. The van der Waals surface area contributed by atoms with Gasteiger partial charge in [-0.1, -0.05) is 0 Å². The molecule has 1 aromatic carbocycles. The van der Waals surface area contributed by atoms with E-state index in [1.807, 2.05) is 0 Å². The first kappa shape index (κ1) is 18.8. The number of furan rings is 1. The van der Waals surface area contributed by atoms with Gasteiger partial charge in [0.2, 0.25) is 10.0 Å². The number of hydrogen-bond acceptors (Lipinski definition) is 6. The summed E-state index contributed by atoms with van der Waals surface area (Å²) in [7, 11) is -0.561. The standard InChI is InChI=1S/C16H20N2O6S/c1-22-14-6-5-12(10-15(14)23-2)16(19)17-7-9-25(20,21)18-11-13-4-3-8-24-13/h3-6,8,10,18H,7,9,11H2,1-2H3,(H,17,19). The van der Waals surface area contributed by atoms with Crippen LogP contribution in [0.15, 0.2) is 41.0 Å². The lowest BCUT2D eigenvalue weighted by molar-refractivity contribution is 0.0955. The zero-order valence-electron chi connectivity index (χ0n) is 13.9. The molecule has 1 heterocycles. The van der Waals surface area contributed by atoms with Crippen LogP contribution in [0.3, 0.4) is 0 Å². The third kappa shape index (κ3) is 5.50. The Morgan fingerprint density at radius 1 is 1.16 bits per heavy atom. The molecule has 1 aromatic heterocycles. The third-order valence-electron chi connectivity index (χ3n) is 3.35. The normalized spacial score (nSPS) is 11.1. The molecule has 0 saturated carbocycles. The number of sulfonamides is 1. The van der Waals surface area contributed by atoms with Crippen molar-refractivity contribution in [2.24, 2.45) is 0 Å². The van der Waals surface area contributed by atoms with E-state index in [9.17, 15) is 13.2 Å². The first-order chi connectivity index (χ1) is 11.9. The molecule has 0 aliphatic rings. The largest absolute Gasteiger partial charge is 0.493 e. The summed E-state index contributed by atoms with van der Waals surface area (Å²) in [6, 6.07) is 8.04. The van der Waals surface area contributed by atoms with Crippen LogP contribution in [0.1, 0.15) is 16.1 Å². The molecule has 2 rings (SSSR count). The topological polar surface area (TPSA) is 107 Å². The Morgan fingerprint density at radius 2 is 1.92 bits per heavy atom. The molecule has 25 heavy (non-hydrogen) atoms. The van der Waals surface area contributed by atoms with Crippen LogP contribution >= 0.6 is 0 Å². The van der Waals surface area contributed by atoms with Crippen molar-refractivity contribution in [3.05, 3.63) is 47.9 Å². The van der Waals surface area contributed by atoms with Crippen LogP contribution in [-0.2, 0) is 16.6 Å². The first-order valence-corrected chi connectivity index (χ1v) is 9.10. The Kier molecular flexibility index (Phi) is 6.43. The molecular formula is C16H20N2O6S. The summed E-state index contributed by atoms with van der Waals surface area (Å²) < 4.78 is 41.5. The highest BCUT2D eigenvalue weighted by Crippen LogP contribution is 2.27. The SMILES string of the molecule is COc1ccc(C(=O)NCCS(=O)(=O)NCc2ccco2)cc1OC. The second-order valence-corrected chi connectivity index (χ2v) is 6.97. The molecule has 9 heteroatoms. The maximum absolute atomic E-state index is 12.1. The molecule has 0 unspecified atom stereocenters. The van der Waals surface area contributed by atoms with Gasteiger partial charge in [0.05, 0.1) is 32.8 Å². The van der Waals surface area contributed by atoms with Gasteiger partial charge in [-0.2, -0.15) is 0 Å². The van der Waals surface area contributed by atoms with E-state index in [0.29, 0.717) is 22.8 Å². The third-order valence-corrected chi connectivity index (χ3v) is 4.67. The number of methoxy groups -OCH3 is 2. The van der Waals surface area contributed by atoms with E-state index in [1.54, 1.807) is 24.3 Å². The molecule has 0 radical (unpaired) electrons. The molecular weight excluding hydrogens is 348 g/mol. The fourth-order valence-electron chi connectivity index (χ4n) is 2.04. The molecule has 0 atom stereocenters. The van der Waals surface area contributed by atoms with Crippen molar-refractivity contribution < 1.29 is 27.1 Å². The Hall–Kier alpha value is -2.52. The fourth-order valence-corrected chi connectivity index (χ4v) is 2.92. The van der Waals surface area contributed by atoms with E-state index < -0.39 is 15.9 Å². The lowest BCUT2D eigenvalue weighted by Gasteiger charge is -2.10. The highest BCUT2D eigenvalue weighted by atomic mass is 32.2. The summed E-state index contributed by atoms with van der Waals surface area (Å²) in [5.41, 5.74) is 0.346. The predicted molar refractivity (Wildman–Crippen MR) is 91.2 cm³/mol. The van der Waals surface area contributed by atoms with Crippen LogP contribution in [0, 0.1) is 0 Å². The van der Waals surface area contributed by atoms with E-state index in [2.05, 4.69) is 10.0 Å². The van der Waals surface area contributed by atoms with Gasteiger partial charge < -0.3 is 19.2 Å². The summed E-state index contributed by atoms with van der Waals surface area (Å²) in [6.07, 6.45) is 1.47. The van der Waals surface area contributed by atoms with Gasteiger partial charge in [-0.3, -0.25) is 4.79 Å². The minimum atomic E-state index is -3.53. The van der Waals surface area contributed by atoms with Crippen LogP contribution in [0.5, 0.6) is 11.5 Å². The van der Waals surface area contributed by atoms with Crippen molar-refractivity contribution in [1.82, 2.24) is 10.0 Å². The van der Waals surface area contributed by atoms with Crippen LogP contribution in [0.4, 0.5) is 0 Å². The number of hydrogen-bond donors (Lipinski definition) is 2. The average molecular weight is 368 g/mol. The van der Waals surface area contributed by atoms with Crippen LogP contribution in [0.25, 0.3) is 0 Å². The van der Waals surface area contributed by atoms with Crippen molar-refractivity contribution in [1.29, 1.82) is 0 Å². The maximum Gasteiger partial charge on any atom is 0.251 e. The minimum absolute atomic E-state index is 0.0271. The second-order valence-electron chi connectivity index (χ2n) is 5.05. The summed E-state index contributed by atoms with van der Waals surface area (Å²) in [5, 5.41) is 2.56. The molecule has 0 spiro atoms. The van der Waals surface area contributed by atoms with Crippen molar-refractivity contribution >= 4 is 15.9 Å². The number of nitrogens with one attached hydrogen (secondary N) is 2. The number of benzene rings is 1. The first-order valence-electron chi connectivity index (χ1n) is 7.45. The lowest BCUT2D eigenvalue weighted by atomic mass is 10.2. The van der Waals surface area contributed by atoms with Gasteiger partial charge >= 0.3 is 0 Å². The van der Waals surface area contributed by atoms with E-state index >= 15 is 0 Å². The van der Waals surface area contributed by atoms with E-state index in [0.717, 1.165) is 0 Å². The maximum atomic E-state index is 12.1. The van der Waals surface area contributed by atoms with E-state index in [-0.39, 0.29) is 18.8 Å². The Balaban J connectivity index is 1.85. The summed E-state index contributed by atoms with van der Waals surface area (Å²) >= 11 is 0. The highest BCUT2D eigenvalue weighted by molar-refractivity contribution is 7.89. The van der Waals surface area contributed by atoms with Gasteiger partial charge in [0.15, 0.2) is 11.5 Å². The van der Waals surface area contributed by atoms with Crippen molar-refractivity contribution in [2.75, 3.05) is 26.5 Å².